The molecule has 1 N–H and O–H groups in total. The normalized spacial score (nSPS) is 12.2. The first-order chi connectivity index (χ1) is 5.27. The molecule has 0 spiro atoms. The Morgan fingerprint density at radius 3 is 2.00 bits per heavy atom. The van der Waals surface area contributed by atoms with Crippen LogP contribution in [0.5, 0.6) is 0 Å². The molecule has 0 saturated carbocycles. The zero-order valence-corrected chi connectivity index (χ0v) is 10.0. The smallest absolute Gasteiger partial charge is 0.0512 e. The monoisotopic (exact) mass is 206 g/mol. The van der Waals surface area contributed by atoms with Gasteiger partial charge >= 0.3 is 0 Å². The molecule has 0 radical (unpaired) electrons. The second kappa shape index (κ2) is 11.7. The Labute approximate surface area is 91.8 Å². The molecule has 0 bridgehead atoms. The van der Waals surface area contributed by atoms with Crippen molar-refractivity contribution in [2.45, 2.75) is 64.9 Å². The van der Waals surface area contributed by atoms with Crippen molar-refractivity contribution in [3.8, 4) is 0 Å². The summed E-state index contributed by atoms with van der Waals surface area (Å²) in [5.74, 6) is 0. The molecule has 0 aromatic heterocycles. The van der Waals surface area contributed by atoms with Crippen LogP contribution in [-0.2, 0) is 21.7 Å². The maximum Gasteiger partial charge on any atom is 0.0512 e. The Kier molecular flexibility index (Phi) is 14.7. The fourth-order valence-corrected chi connectivity index (χ4v) is 1.22. The summed E-state index contributed by atoms with van der Waals surface area (Å²) in [7, 11) is 0. The van der Waals surface area contributed by atoms with Gasteiger partial charge in [-0.3, -0.25) is 0 Å². The van der Waals surface area contributed by atoms with Crippen LogP contribution in [0, 0.1) is 0 Å². The third-order valence-corrected chi connectivity index (χ3v) is 1.98. The standard InChI is InChI=1S/C10H22O.Ti/c1-3-4-5-6-7-8-9-10(2)11;/h10-11H,3-9H2,1-2H3;. The summed E-state index contributed by atoms with van der Waals surface area (Å²) in [5, 5.41) is 8.96. The molecule has 0 fully saturated rings. The van der Waals surface area contributed by atoms with Gasteiger partial charge in [-0.05, 0) is 13.3 Å². The number of rotatable bonds is 7. The molecule has 1 unspecified atom stereocenters. The van der Waals surface area contributed by atoms with Gasteiger partial charge in [0.15, 0.2) is 0 Å². The van der Waals surface area contributed by atoms with Gasteiger partial charge in [0.25, 0.3) is 0 Å². The van der Waals surface area contributed by atoms with Gasteiger partial charge in [0, 0.05) is 21.7 Å². The van der Waals surface area contributed by atoms with E-state index in [0.29, 0.717) is 0 Å². The molecule has 72 valence electrons. The SMILES string of the molecule is CCCCCCCCC(C)O.[Ti]. The summed E-state index contributed by atoms with van der Waals surface area (Å²) in [5.41, 5.74) is 0. The van der Waals surface area contributed by atoms with Gasteiger partial charge in [0.1, 0.15) is 0 Å². The predicted octanol–water partition coefficient (Wildman–Crippen LogP) is 3.12. The average Bonchev–Trinajstić information content (AvgIpc) is 1.96. The van der Waals surface area contributed by atoms with Crippen LogP contribution in [0.4, 0.5) is 0 Å². The van der Waals surface area contributed by atoms with E-state index < -0.39 is 0 Å². The van der Waals surface area contributed by atoms with Crippen molar-refractivity contribution < 1.29 is 26.8 Å². The molecule has 0 aliphatic heterocycles. The molecular weight excluding hydrogens is 184 g/mol. The van der Waals surface area contributed by atoms with Crippen molar-refractivity contribution in [1.82, 2.24) is 0 Å². The zero-order chi connectivity index (χ0) is 8.53. The Hall–Kier alpha value is 0.674. The topological polar surface area (TPSA) is 20.2 Å². The molecule has 2 heteroatoms. The Balaban J connectivity index is 0. The van der Waals surface area contributed by atoms with E-state index in [-0.39, 0.29) is 27.8 Å². The van der Waals surface area contributed by atoms with Crippen LogP contribution in [0.1, 0.15) is 58.8 Å². The summed E-state index contributed by atoms with van der Waals surface area (Å²) in [6.07, 6.45) is 8.78. The first-order valence-corrected chi connectivity index (χ1v) is 4.95. The van der Waals surface area contributed by atoms with Gasteiger partial charge in [0.2, 0.25) is 0 Å². The van der Waals surface area contributed by atoms with Crippen LogP contribution in [0.3, 0.4) is 0 Å². The van der Waals surface area contributed by atoms with Crippen molar-refractivity contribution in [3.05, 3.63) is 0 Å². The average molecular weight is 206 g/mol. The van der Waals surface area contributed by atoms with E-state index in [4.69, 9.17) is 5.11 Å². The van der Waals surface area contributed by atoms with Gasteiger partial charge in [-0.1, -0.05) is 45.4 Å². The molecule has 0 aromatic rings. The van der Waals surface area contributed by atoms with Crippen LogP contribution in [0.25, 0.3) is 0 Å². The van der Waals surface area contributed by atoms with E-state index in [2.05, 4.69) is 6.92 Å². The van der Waals surface area contributed by atoms with Crippen molar-refractivity contribution in [2.24, 2.45) is 0 Å². The third-order valence-electron chi connectivity index (χ3n) is 1.98. The fourth-order valence-electron chi connectivity index (χ4n) is 1.22. The molecule has 12 heavy (non-hydrogen) atoms. The van der Waals surface area contributed by atoms with Gasteiger partial charge in [-0.15, -0.1) is 0 Å². The Morgan fingerprint density at radius 2 is 1.50 bits per heavy atom. The van der Waals surface area contributed by atoms with E-state index in [1.54, 1.807) is 0 Å². The van der Waals surface area contributed by atoms with Crippen LogP contribution in [-0.4, -0.2) is 11.2 Å². The minimum Gasteiger partial charge on any atom is -0.393 e. The van der Waals surface area contributed by atoms with Gasteiger partial charge in [-0.25, -0.2) is 0 Å². The molecule has 0 rings (SSSR count). The molecule has 1 nitrogen and oxygen atoms in total. The molecule has 0 saturated heterocycles. The third kappa shape index (κ3) is 13.3. The first kappa shape index (κ1) is 15.2. The summed E-state index contributed by atoms with van der Waals surface area (Å²) in [6.45, 7) is 4.10. The van der Waals surface area contributed by atoms with Crippen molar-refractivity contribution >= 4 is 0 Å². The molecule has 0 aliphatic carbocycles. The number of aliphatic hydroxyl groups is 1. The van der Waals surface area contributed by atoms with Crippen molar-refractivity contribution in [3.63, 3.8) is 0 Å². The molecule has 0 amide bonds. The van der Waals surface area contributed by atoms with E-state index in [1.165, 1.54) is 38.5 Å². The molecule has 0 aliphatic rings. The second-order valence-corrected chi connectivity index (χ2v) is 3.41. The predicted molar refractivity (Wildman–Crippen MR) is 49.7 cm³/mol. The molecular formula is C10H22OTi. The summed E-state index contributed by atoms with van der Waals surface area (Å²) < 4.78 is 0. The number of hydrogen-bond acceptors (Lipinski definition) is 1. The largest absolute Gasteiger partial charge is 0.393 e. The van der Waals surface area contributed by atoms with E-state index in [9.17, 15) is 0 Å². The van der Waals surface area contributed by atoms with Gasteiger partial charge in [-0.2, -0.15) is 0 Å². The zero-order valence-electron chi connectivity index (χ0n) is 8.47. The summed E-state index contributed by atoms with van der Waals surface area (Å²) >= 11 is 0. The summed E-state index contributed by atoms with van der Waals surface area (Å²) in [6, 6.07) is 0. The maximum absolute atomic E-state index is 8.96. The molecule has 0 heterocycles. The van der Waals surface area contributed by atoms with Crippen molar-refractivity contribution in [2.75, 3.05) is 0 Å². The Bertz CT molecular complexity index is 74.2. The minimum atomic E-state index is -0.0961. The molecule has 0 aromatic carbocycles. The van der Waals surface area contributed by atoms with Crippen LogP contribution >= 0.6 is 0 Å². The van der Waals surface area contributed by atoms with Crippen molar-refractivity contribution in [1.29, 1.82) is 0 Å². The van der Waals surface area contributed by atoms with Gasteiger partial charge < -0.3 is 5.11 Å². The summed E-state index contributed by atoms with van der Waals surface area (Å²) in [4.78, 5) is 0. The number of unbranched alkanes of at least 4 members (excludes halogenated alkanes) is 5. The van der Waals surface area contributed by atoms with E-state index in [0.717, 1.165) is 6.42 Å². The maximum atomic E-state index is 8.96. The number of aliphatic hydroxyl groups excluding tert-OH is 1. The van der Waals surface area contributed by atoms with E-state index in [1.807, 2.05) is 6.92 Å². The van der Waals surface area contributed by atoms with Crippen LogP contribution in [0.2, 0.25) is 0 Å². The van der Waals surface area contributed by atoms with Crippen LogP contribution in [0.15, 0.2) is 0 Å². The number of hydrogen-bond donors (Lipinski definition) is 1. The second-order valence-electron chi connectivity index (χ2n) is 3.41. The quantitative estimate of drug-likeness (QED) is 0.501. The van der Waals surface area contributed by atoms with Crippen LogP contribution < -0.4 is 0 Å². The fraction of sp³-hybridized carbons (Fsp3) is 1.00. The Morgan fingerprint density at radius 1 is 1.00 bits per heavy atom. The van der Waals surface area contributed by atoms with Gasteiger partial charge in [0.05, 0.1) is 6.10 Å². The first-order valence-electron chi connectivity index (χ1n) is 4.95. The minimum absolute atomic E-state index is 0. The van der Waals surface area contributed by atoms with E-state index >= 15 is 0 Å². The molecule has 1 atom stereocenters.